The van der Waals surface area contributed by atoms with E-state index in [1.165, 1.54) is 0 Å². The van der Waals surface area contributed by atoms with E-state index in [4.69, 9.17) is 11.6 Å². The lowest BCUT2D eigenvalue weighted by atomic mass is 10.1. The van der Waals surface area contributed by atoms with Crippen molar-refractivity contribution < 1.29 is 13.6 Å². The van der Waals surface area contributed by atoms with Crippen molar-refractivity contribution in [2.24, 2.45) is 0 Å². The zero-order valence-corrected chi connectivity index (χ0v) is 6.95. The molecular formula is C8H5ClF2O. The van der Waals surface area contributed by atoms with Crippen molar-refractivity contribution in [3.8, 4) is 0 Å². The molecule has 0 spiro atoms. The Morgan fingerprint density at radius 2 is 2.00 bits per heavy atom. The van der Waals surface area contributed by atoms with Crippen molar-refractivity contribution in [1.29, 1.82) is 0 Å². The van der Waals surface area contributed by atoms with E-state index in [0.717, 1.165) is 19.1 Å². The Morgan fingerprint density at radius 1 is 1.42 bits per heavy atom. The van der Waals surface area contributed by atoms with E-state index >= 15 is 0 Å². The number of carbonyl (C=O) groups is 1. The molecule has 0 aliphatic heterocycles. The van der Waals surface area contributed by atoms with E-state index in [-0.39, 0.29) is 5.02 Å². The summed E-state index contributed by atoms with van der Waals surface area (Å²) in [7, 11) is 0. The lowest BCUT2D eigenvalue weighted by molar-refractivity contribution is 0.101. The molecule has 0 amide bonds. The number of halogens is 3. The highest BCUT2D eigenvalue weighted by Crippen LogP contribution is 2.21. The lowest BCUT2D eigenvalue weighted by Crippen LogP contribution is -2.01. The number of hydrogen-bond donors (Lipinski definition) is 0. The molecule has 12 heavy (non-hydrogen) atoms. The Hall–Kier alpha value is -0.960. The molecule has 0 aromatic heterocycles. The van der Waals surface area contributed by atoms with E-state index in [1.54, 1.807) is 0 Å². The predicted molar refractivity (Wildman–Crippen MR) is 41.4 cm³/mol. The molecule has 0 radical (unpaired) electrons. The van der Waals surface area contributed by atoms with Crippen LogP contribution in [0.1, 0.15) is 17.3 Å². The molecule has 0 heterocycles. The molecule has 0 aliphatic rings. The van der Waals surface area contributed by atoms with Gasteiger partial charge in [0.2, 0.25) is 0 Å². The Balaban J connectivity index is 3.43. The van der Waals surface area contributed by atoms with Crippen LogP contribution in [0.15, 0.2) is 12.1 Å². The Kier molecular flexibility index (Phi) is 2.43. The predicted octanol–water partition coefficient (Wildman–Crippen LogP) is 2.82. The highest BCUT2D eigenvalue weighted by Gasteiger charge is 2.15. The van der Waals surface area contributed by atoms with Gasteiger partial charge in [-0.3, -0.25) is 4.79 Å². The van der Waals surface area contributed by atoms with Crippen molar-refractivity contribution in [2.45, 2.75) is 6.92 Å². The van der Waals surface area contributed by atoms with Gasteiger partial charge in [-0.05, 0) is 19.1 Å². The first-order valence-electron chi connectivity index (χ1n) is 3.18. The van der Waals surface area contributed by atoms with Crippen molar-refractivity contribution in [3.05, 3.63) is 34.4 Å². The summed E-state index contributed by atoms with van der Waals surface area (Å²) in [5, 5.41) is -0.249. The van der Waals surface area contributed by atoms with Crippen LogP contribution in [0.25, 0.3) is 0 Å². The molecular weight excluding hydrogens is 186 g/mol. The van der Waals surface area contributed by atoms with E-state index in [1.807, 2.05) is 0 Å². The van der Waals surface area contributed by atoms with Gasteiger partial charge in [-0.1, -0.05) is 11.6 Å². The third kappa shape index (κ3) is 1.46. The van der Waals surface area contributed by atoms with Crippen LogP contribution in [0.3, 0.4) is 0 Å². The first kappa shape index (κ1) is 9.13. The highest BCUT2D eigenvalue weighted by molar-refractivity contribution is 6.31. The standard InChI is InChI=1S/C8H5ClF2O/c1-4(12)7-6(10)3-2-5(9)8(7)11/h2-3H,1H3. The molecule has 1 aromatic rings. The number of benzene rings is 1. The summed E-state index contributed by atoms with van der Waals surface area (Å²) in [4.78, 5) is 10.7. The van der Waals surface area contributed by atoms with Gasteiger partial charge in [-0.2, -0.15) is 0 Å². The van der Waals surface area contributed by atoms with E-state index in [2.05, 4.69) is 0 Å². The summed E-state index contributed by atoms with van der Waals surface area (Å²) in [5.74, 6) is -2.55. The Morgan fingerprint density at radius 3 is 2.42 bits per heavy atom. The highest BCUT2D eigenvalue weighted by atomic mass is 35.5. The molecule has 0 saturated heterocycles. The average Bonchev–Trinajstić information content (AvgIpc) is 1.97. The maximum atomic E-state index is 12.9. The lowest BCUT2D eigenvalue weighted by Gasteiger charge is -2.00. The number of ketones is 1. The minimum Gasteiger partial charge on any atom is -0.294 e. The van der Waals surface area contributed by atoms with Crippen molar-refractivity contribution in [3.63, 3.8) is 0 Å². The van der Waals surface area contributed by atoms with Gasteiger partial charge in [0, 0.05) is 0 Å². The molecule has 0 saturated carbocycles. The van der Waals surface area contributed by atoms with Gasteiger partial charge in [-0.15, -0.1) is 0 Å². The fourth-order valence-corrected chi connectivity index (χ4v) is 1.01. The van der Waals surface area contributed by atoms with E-state index in [0.29, 0.717) is 0 Å². The largest absolute Gasteiger partial charge is 0.294 e. The maximum absolute atomic E-state index is 12.9. The molecule has 0 N–H and O–H groups in total. The summed E-state index contributed by atoms with van der Waals surface area (Å²) < 4.78 is 25.7. The minimum absolute atomic E-state index is 0.249. The minimum atomic E-state index is -0.996. The molecule has 1 nitrogen and oxygen atoms in total. The SMILES string of the molecule is CC(=O)c1c(F)ccc(Cl)c1F. The maximum Gasteiger partial charge on any atom is 0.165 e. The van der Waals surface area contributed by atoms with Crippen molar-refractivity contribution in [1.82, 2.24) is 0 Å². The molecule has 64 valence electrons. The first-order chi connectivity index (χ1) is 5.54. The Labute approximate surface area is 73.0 Å². The van der Waals surface area contributed by atoms with Crippen LogP contribution < -0.4 is 0 Å². The normalized spacial score (nSPS) is 10.0. The summed E-state index contributed by atoms with van der Waals surface area (Å²) in [5.41, 5.74) is -0.581. The number of hydrogen-bond acceptors (Lipinski definition) is 1. The van der Waals surface area contributed by atoms with Crippen LogP contribution in [0.2, 0.25) is 5.02 Å². The van der Waals surface area contributed by atoms with Gasteiger partial charge in [0.1, 0.15) is 5.82 Å². The van der Waals surface area contributed by atoms with Crippen LogP contribution in [0.5, 0.6) is 0 Å². The number of carbonyl (C=O) groups excluding carboxylic acids is 1. The molecule has 0 aliphatic carbocycles. The van der Waals surface area contributed by atoms with Gasteiger partial charge in [0.25, 0.3) is 0 Å². The van der Waals surface area contributed by atoms with Gasteiger partial charge < -0.3 is 0 Å². The van der Waals surface area contributed by atoms with Crippen LogP contribution >= 0.6 is 11.6 Å². The topological polar surface area (TPSA) is 17.1 Å². The average molecular weight is 191 g/mol. The van der Waals surface area contributed by atoms with Crippen molar-refractivity contribution >= 4 is 17.4 Å². The van der Waals surface area contributed by atoms with Crippen LogP contribution in [-0.4, -0.2) is 5.78 Å². The number of rotatable bonds is 1. The van der Waals surface area contributed by atoms with Crippen LogP contribution in [0.4, 0.5) is 8.78 Å². The van der Waals surface area contributed by atoms with Gasteiger partial charge in [0.05, 0.1) is 10.6 Å². The summed E-state index contributed by atoms with van der Waals surface area (Å²) in [6.45, 7) is 1.08. The molecule has 4 heteroatoms. The summed E-state index contributed by atoms with van der Waals surface area (Å²) >= 11 is 5.34. The van der Waals surface area contributed by atoms with Crippen molar-refractivity contribution in [2.75, 3.05) is 0 Å². The fraction of sp³-hybridized carbons (Fsp3) is 0.125. The summed E-state index contributed by atoms with van der Waals surface area (Å²) in [6.07, 6.45) is 0. The first-order valence-corrected chi connectivity index (χ1v) is 3.56. The monoisotopic (exact) mass is 190 g/mol. The smallest absolute Gasteiger partial charge is 0.165 e. The van der Waals surface area contributed by atoms with E-state index < -0.39 is 23.0 Å². The number of Topliss-reactive ketones (excluding diaryl/α,β-unsaturated/α-hetero) is 1. The zero-order valence-electron chi connectivity index (χ0n) is 6.20. The van der Waals surface area contributed by atoms with E-state index in [9.17, 15) is 13.6 Å². The second-order valence-electron chi connectivity index (χ2n) is 2.27. The fourth-order valence-electron chi connectivity index (χ4n) is 0.850. The second kappa shape index (κ2) is 3.19. The molecule has 0 atom stereocenters. The molecule has 1 rings (SSSR count). The quantitative estimate of drug-likeness (QED) is 0.492. The summed E-state index contributed by atoms with van der Waals surface area (Å²) in [6, 6.07) is 2.03. The third-order valence-electron chi connectivity index (χ3n) is 1.40. The van der Waals surface area contributed by atoms with Gasteiger partial charge in [-0.25, -0.2) is 8.78 Å². The van der Waals surface area contributed by atoms with Crippen LogP contribution in [-0.2, 0) is 0 Å². The van der Waals surface area contributed by atoms with Gasteiger partial charge in [0.15, 0.2) is 11.6 Å². The molecule has 1 aromatic carbocycles. The van der Waals surface area contributed by atoms with Crippen LogP contribution in [0, 0.1) is 11.6 Å². The third-order valence-corrected chi connectivity index (χ3v) is 1.69. The Bertz CT molecular complexity index is 336. The molecule has 0 unspecified atom stereocenters. The zero-order chi connectivity index (χ0) is 9.30. The second-order valence-corrected chi connectivity index (χ2v) is 2.68. The molecule has 0 fully saturated rings. The molecule has 0 bridgehead atoms. The van der Waals surface area contributed by atoms with Gasteiger partial charge >= 0.3 is 0 Å².